The van der Waals surface area contributed by atoms with Crippen molar-refractivity contribution in [1.82, 2.24) is 0 Å². The van der Waals surface area contributed by atoms with E-state index in [9.17, 15) is 14.7 Å². The second-order valence-corrected chi connectivity index (χ2v) is 8.54. The second-order valence-electron chi connectivity index (χ2n) is 8.54. The van der Waals surface area contributed by atoms with Crippen LogP contribution in [0.2, 0.25) is 0 Å². The largest absolute Gasteiger partial charge is 0.385 e. The highest BCUT2D eigenvalue weighted by Gasteiger charge is 2.61. The van der Waals surface area contributed by atoms with E-state index in [-0.39, 0.29) is 22.4 Å². The predicted molar refractivity (Wildman–Crippen MR) is 83.1 cm³/mol. The molecule has 0 aromatic heterocycles. The normalized spacial score (nSPS) is 51.0. The topological polar surface area (TPSA) is 54.4 Å². The first-order chi connectivity index (χ1) is 10.4. The number of hydrogen-bond acceptors (Lipinski definition) is 3. The first-order valence-corrected chi connectivity index (χ1v) is 8.82. The van der Waals surface area contributed by atoms with E-state index >= 15 is 0 Å². The molecule has 0 bridgehead atoms. The second kappa shape index (κ2) is 4.53. The van der Waals surface area contributed by atoms with Crippen molar-refractivity contribution in [2.45, 2.75) is 64.9 Å². The molecule has 0 saturated heterocycles. The van der Waals surface area contributed by atoms with Gasteiger partial charge in [0, 0.05) is 11.8 Å². The Balaban J connectivity index is 1.70. The number of Topliss-reactive ketones (excluding diaryl/α,β-unsaturated/α-hetero) is 1. The summed E-state index contributed by atoms with van der Waals surface area (Å²) >= 11 is 0. The molecule has 4 aliphatic rings. The van der Waals surface area contributed by atoms with Crippen LogP contribution in [-0.2, 0) is 9.59 Å². The Labute approximate surface area is 132 Å². The molecule has 0 radical (unpaired) electrons. The van der Waals surface area contributed by atoms with E-state index in [2.05, 4.69) is 13.8 Å². The average Bonchev–Trinajstić information content (AvgIpc) is 2.72. The third-order valence-electron chi connectivity index (χ3n) is 7.69. The molecule has 0 aromatic rings. The lowest BCUT2D eigenvalue weighted by Crippen LogP contribution is -2.50. The molecule has 0 aromatic carbocycles. The third-order valence-corrected chi connectivity index (χ3v) is 7.69. The molecule has 0 heterocycles. The maximum atomic E-state index is 12.4. The summed E-state index contributed by atoms with van der Waals surface area (Å²) in [5, 5.41) is 10.1. The molecule has 22 heavy (non-hydrogen) atoms. The smallest absolute Gasteiger partial charge is 0.167 e. The Kier molecular flexibility index (Phi) is 3.01. The molecule has 4 rings (SSSR count). The number of aliphatic hydroxyl groups is 1. The highest BCUT2D eigenvalue weighted by atomic mass is 16.3. The van der Waals surface area contributed by atoms with Crippen LogP contribution < -0.4 is 0 Å². The molecule has 1 unspecified atom stereocenters. The van der Waals surface area contributed by atoms with Crippen molar-refractivity contribution < 1.29 is 14.7 Å². The van der Waals surface area contributed by atoms with Crippen LogP contribution in [-0.4, -0.2) is 22.8 Å². The fraction of sp³-hybridized carbons (Fsp3) is 0.789. The lowest BCUT2D eigenvalue weighted by atomic mass is 9.47. The standard InChI is InChI=1S/C19H26O3/c1-18-7-5-12(20)9-11(18)3-4-13-14(18)6-8-19(2)15(13)10-16(21)17(19)22/h9,13-16,21H,3-8,10H2,1-2H3/t13-,14+,15+,16?,18+,19+/m1/s1. The molecule has 4 aliphatic carbocycles. The van der Waals surface area contributed by atoms with Gasteiger partial charge in [0.15, 0.2) is 11.6 Å². The van der Waals surface area contributed by atoms with Gasteiger partial charge in [0.25, 0.3) is 0 Å². The van der Waals surface area contributed by atoms with Crippen molar-refractivity contribution in [2.24, 2.45) is 28.6 Å². The van der Waals surface area contributed by atoms with Gasteiger partial charge in [0.05, 0.1) is 0 Å². The molecular weight excluding hydrogens is 276 g/mol. The SMILES string of the molecule is C[C@]12CCC(=O)C=C1CC[C@@H]1[C@@H]2CC[C@]2(C)C(=O)C(O)C[C@@H]12. The number of carbonyl (C=O) groups is 2. The monoisotopic (exact) mass is 302 g/mol. The number of allylic oxidation sites excluding steroid dienone is 1. The highest BCUT2D eigenvalue weighted by molar-refractivity contribution is 5.92. The maximum absolute atomic E-state index is 12.4. The zero-order chi connectivity index (χ0) is 15.7. The van der Waals surface area contributed by atoms with E-state index in [1.807, 2.05) is 6.08 Å². The van der Waals surface area contributed by atoms with Gasteiger partial charge in [0.2, 0.25) is 0 Å². The van der Waals surface area contributed by atoms with Crippen LogP contribution >= 0.6 is 0 Å². The van der Waals surface area contributed by atoms with Crippen molar-refractivity contribution >= 4 is 11.6 Å². The molecular formula is C19H26O3. The molecule has 0 spiro atoms. The number of fused-ring (bicyclic) bond motifs is 5. The summed E-state index contributed by atoms with van der Waals surface area (Å²) in [6.45, 7) is 4.43. The first kappa shape index (κ1) is 14.6. The summed E-state index contributed by atoms with van der Waals surface area (Å²) in [5.74, 6) is 1.83. The predicted octanol–water partition coefficient (Wildman–Crippen LogP) is 3.06. The number of ketones is 2. The Morgan fingerprint density at radius 1 is 1.05 bits per heavy atom. The van der Waals surface area contributed by atoms with Gasteiger partial charge in [-0.15, -0.1) is 0 Å². The number of hydrogen-bond donors (Lipinski definition) is 1. The zero-order valence-electron chi connectivity index (χ0n) is 13.6. The molecule has 6 atom stereocenters. The van der Waals surface area contributed by atoms with Gasteiger partial charge < -0.3 is 5.11 Å². The molecule has 120 valence electrons. The minimum atomic E-state index is -0.744. The van der Waals surface area contributed by atoms with E-state index in [4.69, 9.17) is 0 Å². The van der Waals surface area contributed by atoms with E-state index in [0.29, 0.717) is 30.6 Å². The summed E-state index contributed by atoms with van der Waals surface area (Å²) in [5.41, 5.74) is 1.20. The first-order valence-electron chi connectivity index (χ1n) is 8.82. The van der Waals surface area contributed by atoms with Crippen LogP contribution in [0.1, 0.15) is 58.8 Å². The summed E-state index contributed by atoms with van der Waals surface area (Å²) in [6.07, 6.45) is 7.54. The number of aliphatic hydroxyl groups excluding tert-OH is 1. The van der Waals surface area contributed by atoms with E-state index in [1.165, 1.54) is 5.57 Å². The van der Waals surface area contributed by atoms with E-state index in [0.717, 1.165) is 32.1 Å². The molecule has 3 heteroatoms. The Morgan fingerprint density at radius 3 is 2.59 bits per heavy atom. The Morgan fingerprint density at radius 2 is 1.82 bits per heavy atom. The molecule has 3 nitrogen and oxygen atoms in total. The van der Waals surface area contributed by atoms with Crippen molar-refractivity contribution in [2.75, 3.05) is 0 Å². The zero-order valence-corrected chi connectivity index (χ0v) is 13.6. The van der Waals surface area contributed by atoms with Crippen LogP contribution in [0.4, 0.5) is 0 Å². The minimum absolute atomic E-state index is 0.0845. The van der Waals surface area contributed by atoms with Crippen molar-refractivity contribution in [3.05, 3.63) is 11.6 Å². The quantitative estimate of drug-likeness (QED) is 0.748. The van der Waals surface area contributed by atoms with Gasteiger partial charge in [-0.1, -0.05) is 19.4 Å². The lowest BCUT2D eigenvalue weighted by Gasteiger charge is -2.56. The highest BCUT2D eigenvalue weighted by Crippen LogP contribution is 2.64. The molecule has 0 amide bonds. The van der Waals surface area contributed by atoms with E-state index in [1.54, 1.807) is 0 Å². The Hall–Kier alpha value is -0.960. The van der Waals surface area contributed by atoms with Crippen LogP contribution in [0.5, 0.6) is 0 Å². The molecule has 0 aliphatic heterocycles. The van der Waals surface area contributed by atoms with Gasteiger partial charge in [-0.05, 0) is 67.8 Å². The van der Waals surface area contributed by atoms with Gasteiger partial charge in [0.1, 0.15) is 6.10 Å². The van der Waals surface area contributed by atoms with Gasteiger partial charge in [-0.2, -0.15) is 0 Å². The number of rotatable bonds is 0. The van der Waals surface area contributed by atoms with Crippen molar-refractivity contribution in [1.29, 1.82) is 0 Å². The molecule has 1 N–H and O–H groups in total. The summed E-state index contributed by atoms with van der Waals surface area (Å²) in [7, 11) is 0. The van der Waals surface area contributed by atoms with E-state index < -0.39 is 6.10 Å². The number of carbonyl (C=O) groups excluding carboxylic acids is 2. The van der Waals surface area contributed by atoms with Crippen LogP contribution in [0.3, 0.4) is 0 Å². The summed E-state index contributed by atoms with van der Waals surface area (Å²) in [6, 6.07) is 0. The fourth-order valence-electron chi connectivity index (χ4n) is 6.35. The van der Waals surface area contributed by atoms with Gasteiger partial charge >= 0.3 is 0 Å². The van der Waals surface area contributed by atoms with Gasteiger partial charge in [-0.3, -0.25) is 9.59 Å². The minimum Gasteiger partial charge on any atom is -0.385 e. The maximum Gasteiger partial charge on any atom is 0.167 e. The van der Waals surface area contributed by atoms with Crippen LogP contribution in [0, 0.1) is 28.6 Å². The fourth-order valence-corrected chi connectivity index (χ4v) is 6.35. The van der Waals surface area contributed by atoms with Crippen molar-refractivity contribution in [3.63, 3.8) is 0 Å². The van der Waals surface area contributed by atoms with Crippen molar-refractivity contribution in [3.8, 4) is 0 Å². The third kappa shape index (κ3) is 1.72. The van der Waals surface area contributed by atoms with Crippen LogP contribution in [0.25, 0.3) is 0 Å². The van der Waals surface area contributed by atoms with Gasteiger partial charge in [-0.25, -0.2) is 0 Å². The molecule has 3 saturated carbocycles. The average molecular weight is 302 g/mol. The summed E-state index contributed by atoms with van der Waals surface area (Å²) in [4.78, 5) is 24.2. The lowest BCUT2D eigenvalue weighted by molar-refractivity contribution is -0.137. The Bertz CT molecular complexity index is 577. The summed E-state index contributed by atoms with van der Waals surface area (Å²) < 4.78 is 0. The van der Waals surface area contributed by atoms with Crippen LogP contribution in [0.15, 0.2) is 11.6 Å². The molecule has 3 fully saturated rings.